The zero-order chi connectivity index (χ0) is 26.7. The summed E-state index contributed by atoms with van der Waals surface area (Å²) in [7, 11) is 1.15. The fourth-order valence-electron chi connectivity index (χ4n) is 2.45. The number of carbonyl (C=O) groups excluding carboxylic acids is 5. The summed E-state index contributed by atoms with van der Waals surface area (Å²) >= 11 is 0. The molecule has 0 aliphatic heterocycles. The summed E-state index contributed by atoms with van der Waals surface area (Å²) in [6, 6.07) is -3.23. The lowest BCUT2D eigenvalue weighted by Crippen LogP contribution is -2.54. The molecule has 3 atom stereocenters. The summed E-state index contributed by atoms with van der Waals surface area (Å²) in [5.74, 6) is -4.20. The first-order valence-corrected chi connectivity index (χ1v) is 10.5. The third-order valence-corrected chi connectivity index (χ3v) is 4.14. The molecule has 0 aromatic carbocycles. The topological polar surface area (TPSA) is 152 Å². The van der Waals surface area contributed by atoms with Gasteiger partial charge in [0.05, 0.1) is 7.11 Å². The van der Waals surface area contributed by atoms with Crippen molar-refractivity contribution in [2.45, 2.75) is 83.8 Å². The summed E-state index contributed by atoms with van der Waals surface area (Å²) in [5.41, 5.74) is -0.857. The van der Waals surface area contributed by atoms with Gasteiger partial charge in [-0.2, -0.15) is 13.2 Å². The molecule has 11 nitrogen and oxygen atoms in total. The lowest BCUT2D eigenvalue weighted by Gasteiger charge is -2.24. The van der Waals surface area contributed by atoms with Crippen molar-refractivity contribution in [2.24, 2.45) is 0 Å². The monoisotopic (exact) mass is 498 g/mol. The van der Waals surface area contributed by atoms with Crippen molar-refractivity contribution in [3.8, 4) is 0 Å². The Morgan fingerprint density at radius 3 is 1.91 bits per heavy atom. The van der Waals surface area contributed by atoms with Crippen LogP contribution in [0.5, 0.6) is 0 Å². The molecule has 14 heteroatoms. The number of hydrogen-bond acceptors (Lipinski definition) is 7. The Labute approximate surface area is 195 Å². The smallest absolute Gasteiger partial charge is 0.467 e. The van der Waals surface area contributed by atoms with Gasteiger partial charge in [0.1, 0.15) is 23.7 Å². The Hall–Kier alpha value is -3.06. The molecule has 0 spiro atoms. The molecule has 0 aliphatic carbocycles. The average molecular weight is 498 g/mol. The van der Waals surface area contributed by atoms with Crippen LogP contribution in [0.1, 0.15) is 53.9 Å². The molecule has 4 N–H and O–H groups in total. The largest absolute Gasteiger partial charge is 0.471 e. The number of unbranched alkanes of at least 4 members (excludes halogenated alkanes) is 1. The van der Waals surface area contributed by atoms with Crippen molar-refractivity contribution < 1.29 is 46.6 Å². The van der Waals surface area contributed by atoms with Crippen LogP contribution in [0.2, 0.25) is 0 Å². The quantitative estimate of drug-likeness (QED) is 0.244. The first-order valence-electron chi connectivity index (χ1n) is 10.5. The molecule has 0 saturated carbocycles. The maximum Gasteiger partial charge on any atom is 0.471 e. The molecule has 0 aromatic rings. The predicted molar refractivity (Wildman–Crippen MR) is 113 cm³/mol. The lowest BCUT2D eigenvalue weighted by atomic mass is 10.1. The SMILES string of the molecule is COC(=O)[C@@H](C)NC(=O)[C@@H](C)NC(=O)[C@H](CCCCNC(=O)C(F)(F)F)NC(=O)OC(C)(C)C. The maximum atomic E-state index is 12.7. The van der Waals surface area contributed by atoms with Gasteiger partial charge in [-0.15, -0.1) is 0 Å². The first-order chi connectivity index (χ1) is 15.5. The summed E-state index contributed by atoms with van der Waals surface area (Å²) in [6.07, 6.45) is -5.67. The van der Waals surface area contributed by atoms with Crippen LogP contribution >= 0.6 is 0 Å². The van der Waals surface area contributed by atoms with Gasteiger partial charge in [-0.25, -0.2) is 9.59 Å². The Bertz CT molecular complexity index is 739. The molecule has 4 amide bonds. The highest BCUT2D eigenvalue weighted by molar-refractivity contribution is 5.92. The fraction of sp³-hybridized carbons (Fsp3) is 0.750. The Kier molecular flexibility index (Phi) is 12.4. The van der Waals surface area contributed by atoms with Crippen molar-refractivity contribution in [1.82, 2.24) is 21.3 Å². The molecular formula is C20H33F3N4O7. The molecule has 0 bridgehead atoms. The average Bonchev–Trinajstić information content (AvgIpc) is 2.69. The number of ether oxygens (including phenoxy) is 2. The van der Waals surface area contributed by atoms with Crippen molar-refractivity contribution >= 4 is 29.8 Å². The Morgan fingerprint density at radius 2 is 1.41 bits per heavy atom. The fourth-order valence-corrected chi connectivity index (χ4v) is 2.45. The molecule has 0 heterocycles. The van der Waals surface area contributed by atoms with Crippen LogP contribution in [0.15, 0.2) is 0 Å². The van der Waals surface area contributed by atoms with Gasteiger partial charge >= 0.3 is 24.1 Å². The Morgan fingerprint density at radius 1 is 0.853 bits per heavy atom. The summed E-state index contributed by atoms with van der Waals surface area (Å²) in [5, 5.41) is 8.83. The van der Waals surface area contributed by atoms with E-state index in [-0.39, 0.29) is 25.8 Å². The molecule has 0 saturated heterocycles. The van der Waals surface area contributed by atoms with Crippen LogP contribution in [0.3, 0.4) is 0 Å². The minimum Gasteiger partial charge on any atom is -0.467 e. The van der Waals surface area contributed by atoms with Gasteiger partial charge in [0.25, 0.3) is 0 Å². The number of methoxy groups -OCH3 is 1. The first kappa shape index (κ1) is 30.9. The van der Waals surface area contributed by atoms with E-state index in [4.69, 9.17) is 4.74 Å². The number of alkyl carbamates (subject to hydrolysis) is 1. The van der Waals surface area contributed by atoms with Crippen LogP contribution < -0.4 is 21.3 Å². The lowest BCUT2D eigenvalue weighted by molar-refractivity contribution is -0.173. The molecule has 0 radical (unpaired) electrons. The van der Waals surface area contributed by atoms with E-state index in [0.717, 1.165) is 7.11 Å². The van der Waals surface area contributed by atoms with Gasteiger partial charge in [-0.05, 0) is 53.9 Å². The van der Waals surface area contributed by atoms with Gasteiger partial charge in [-0.1, -0.05) is 0 Å². The molecule has 196 valence electrons. The van der Waals surface area contributed by atoms with E-state index in [1.54, 1.807) is 26.1 Å². The standard InChI is InChI=1S/C20H33F3N4O7/c1-11(14(28)26-12(2)16(30)33-6)25-15(29)13(27-18(32)34-19(3,4)5)9-7-8-10-24-17(31)20(21,22)23/h11-13H,7-10H2,1-6H3,(H,24,31)(H,25,29)(H,26,28)(H,27,32)/t11-,12-,13+/m1/s1. The van der Waals surface area contributed by atoms with Gasteiger partial charge in [0, 0.05) is 6.54 Å². The van der Waals surface area contributed by atoms with E-state index < -0.39 is 59.7 Å². The molecule has 0 aromatic heterocycles. The number of esters is 1. The van der Waals surface area contributed by atoms with E-state index in [1.165, 1.54) is 13.8 Å². The van der Waals surface area contributed by atoms with Crippen LogP contribution in [-0.4, -0.2) is 73.3 Å². The molecule has 0 fully saturated rings. The van der Waals surface area contributed by atoms with E-state index >= 15 is 0 Å². The Balaban J connectivity index is 5.00. The number of hydrogen-bond donors (Lipinski definition) is 4. The molecular weight excluding hydrogens is 465 g/mol. The highest BCUT2D eigenvalue weighted by Crippen LogP contribution is 2.14. The van der Waals surface area contributed by atoms with Gasteiger partial charge in [0.2, 0.25) is 11.8 Å². The number of halogens is 3. The minimum atomic E-state index is -5.00. The van der Waals surface area contributed by atoms with E-state index in [9.17, 15) is 37.1 Å². The van der Waals surface area contributed by atoms with Crippen molar-refractivity contribution in [2.75, 3.05) is 13.7 Å². The van der Waals surface area contributed by atoms with E-state index in [1.807, 2.05) is 0 Å². The van der Waals surface area contributed by atoms with Crippen LogP contribution in [-0.2, 0) is 28.7 Å². The molecule has 34 heavy (non-hydrogen) atoms. The van der Waals surface area contributed by atoms with Crippen LogP contribution in [0.25, 0.3) is 0 Å². The highest BCUT2D eigenvalue weighted by Gasteiger charge is 2.38. The highest BCUT2D eigenvalue weighted by atomic mass is 19.4. The second kappa shape index (κ2) is 13.6. The van der Waals surface area contributed by atoms with Crippen molar-refractivity contribution in [1.29, 1.82) is 0 Å². The zero-order valence-corrected chi connectivity index (χ0v) is 20.1. The summed E-state index contributed by atoms with van der Waals surface area (Å²) < 4.78 is 46.3. The number of alkyl halides is 3. The summed E-state index contributed by atoms with van der Waals surface area (Å²) in [6.45, 7) is 7.29. The van der Waals surface area contributed by atoms with Gasteiger partial charge in [-0.3, -0.25) is 14.4 Å². The third-order valence-electron chi connectivity index (χ3n) is 4.14. The van der Waals surface area contributed by atoms with E-state index in [0.29, 0.717) is 0 Å². The van der Waals surface area contributed by atoms with Crippen molar-refractivity contribution in [3.05, 3.63) is 0 Å². The molecule has 0 unspecified atom stereocenters. The number of amides is 4. The number of carbonyl (C=O) groups is 5. The van der Waals surface area contributed by atoms with Crippen molar-refractivity contribution in [3.63, 3.8) is 0 Å². The zero-order valence-electron chi connectivity index (χ0n) is 20.1. The van der Waals surface area contributed by atoms with Gasteiger partial charge in [0.15, 0.2) is 0 Å². The maximum absolute atomic E-state index is 12.7. The normalized spacial score (nSPS) is 14.1. The minimum absolute atomic E-state index is 0.0140. The van der Waals surface area contributed by atoms with Crippen LogP contribution in [0, 0.1) is 0 Å². The second-order valence-electron chi connectivity index (χ2n) is 8.43. The van der Waals surface area contributed by atoms with Gasteiger partial charge < -0.3 is 30.7 Å². The van der Waals surface area contributed by atoms with E-state index in [2.05, 4.69) is 20.7 Å². The number of rotatable bonds is 11. The third kappa shape index (κ3) is 12.8. The molecule has 0 aliphatic rings. The predicted octanol–water partition coefficient (Wildman–Crippen LogP) is 0.911. The molecule has 0 rings (SSSR count). The second-order valence-corrected chi connectivity index (χ2v) is 8.43. The summed E-state index contributed by atoms with van der Waals surface area (Å²) in [4.78, 5) is 59.2. The van der Waals surface area contributed by atoms with Crippen LogP contribution in [0.4, 0.5) is 18.0 Å². The number of nitrogens with one attached hydrogen (secondary N) is 4.